The molecule has 0 aliphatic carbocycles. The molecule has 3 N–H and O–H groups in total. The Morgan fingerprint density at radius 2 is 2.15 bits per heavy atom. The van der Waals surface area contributed by atoms with Crippen LogP contribution in [0.5, 0.6) is 5.75 Å². The zero-order chi connectivity index (χ0) is 14.4. The van der Waals surface area contributed by atoms with E-state index in [1.54, 1.807) is 7.11 Å². The maximum absolute atomic E-state index is 5.67. The average Bonchev–Trinajstić information content (AvgIpc) is 2.94. The van der Waals surface area contributed by atoms with Gasteiger partial charge in [-0.3, -0.25) is 16.0 Å². The van der Waals surface area contributed by atoms with Crippen molar-refractivity contribution in [2.75, 3.05) is 7.11 Å². The Hall–Kier alpha value is -1.85. The van der Waals surface area contributed by atoms with E-state index >= 15 is 0 Å². The monoisotopic (exact) mass is 274 g/mol. The fraction of sp³-hybridized carbons (Fsp3) is 0.400. The molecule has 1 aromatic heterocycles. The molecule has 1 aromatic carbocycles. The smallest absolute Gasteiger partial charge is 0.119 e. The normalized spacial score (nSPS) is 12.3. The molecule has 5 nitrogen and oxygen atoms in total. The Bertz CT molecular complexity index is 538. The third-order valence-corrected chi connectivity index (χ3v) is 3.34. The number of aromatic nitrogens is 2. The van der Waals surface area contributed by atoms with Gasteiger partial charge in [-0.2, -0.15) is 5.10 Å². The van der Waals surface area contributed by atoms with E-state index in [1.165, 1.54) is 11.1 Å². The minimum absolute atomic E-state index is 0.177. The summed E-state index contributed by atoms with van der Waals surface area (Å²) in [6, 6.07) is 8.25. The van der Waals surface area contributed by atoms with E-state index in [0.717, 1.165) is 25.1 Å². The van der Waals surface area contributed by atoms with Gasteiger partial charge in [-0.25, -0.2) is 0 Å². The third-order valence-electron chi connectivity index (χ3n) is 3.34. The van der Waals surface area contributed by atoms with Gasteiger partial charge in [0.15, 0.2) is 0 Å². The second-order valence-electron chi connectivity index (χ2n) is 4.83. The minimum atomic E-state index is 0.177. The molecular formula is C15H22N4O. The second kappa shape index (κ2) is 7.07. The summed E-state index contributed by atoms with van der Waals surface area (Å²) in [4.78, 5) is 0. The fourth-order valence-electron chi connectivity index (χ4n) is 2.24. The van der Waals surface area contributed by atoms with Crippen LogP contribution in [0.1, 0.15) is 18.1 Å². The summed E-state index contributed by atoms with van der Waals surface area (Å²) in [6.07, 6.45) is 5.67. The molecule has 1 heterocycles. The molecule has 2 rings (SSSR count). The van der Waals surface area contributed by atoms with Crippen LogP contribution in [0.4, 0.5) is 0 Å². The number of hydrogen-bond acceptors (Lipinski definition) is 4. The molecule has 0 spiro atoms. The summed E-state index contributed by atoms with van der Waals surface area (Å²) < 4.78 is 7.17. The standard InChI is InChI=1S/C15H22N4O/c1-3-19-11-13(10-17-19)8-14(18-16)7-12-5-4-6-15(9-12)20-2/h4-6,9-11,14,18H,3,7-8,16H2,1-2H3. The number of methoxy groups -OCH3 is 1. The molecule has 2 aromatic rings. The van der Waals surface area contributed by atoms with E-state index < -0.39 is 0 Å². The predicted molar refractivity (Wildman–Crippen MR) is 79.4 cm³/mol. The zero-order valence-corrected chi connectivity index (χ0v) is 12.0. The molecule has 0 aliphatic heterocycles. The number of aryl methyl sites for hydroxylation is 1. The number of nitrogens with one attached hydrogen (secondary N) is 1. The maximum Gasteiger partial charge on any atom is 0.119 e. The van der Waals surface area contributed by atoms with Crippen LogP contribution in [0, 0.1) is 0 Å². The summed E-state index contributed by atoms with van der Waals surface area (Å²) in [5.41, 5.74) is 5.28. The predicted octanol–water partition coefficient (Wildman–Crippen LogP) is 1.53. The minimum Gasteiger partial charge on any atom is -0.497 e. The van der Waals surface area contributed by atoms with Crippen molar-refractivity contribution in [1.29, 1.82) is 0 Å². The first-order valence-electron chi connectivity index (χ1n) is 6.85. The molecule has 1 atom stereocenters. The number of ether oxygens (including phenoxy) is 1. The Labute approximate surface area is 119 Å². The van der Waals surface area contributed by atoms with Crippen LogP contribution >= 0.6 is 0 Å². The van der Waals surface area contributed by atoms with Gasteiger partial charge in [0, 0.05) is 18.8 Å². The Kier molecular flexibility index (Phi) is 5.15. The van der Waals surface area contributed by atoms with E-state index in [2.05, 4.69) is 29.7 Å². The van der Waals surface area contributed by atoms with Crippen LogP contribution in [-0.2, 0) is 19.4 Å². The molecule has 0 fully saturated rings. The van der Waals surface area contributed by atoms with E-state index in [1.807, 2.05) is 29.1 Å². The first kappa shape index (κ1) is 14.6. The van der Waals surface area contributed by atoms with E-state index in [4.69, 9.17) is 10.6 Å². The third kappa shape index (κ3) is 3.82. The van der Waals surface area contributed by atoms with Crippen molar-refractivity contribution in [3.8, 4) is 5.75 Å². The molecule has 108 valence electrons. The van der Waals surface area contributed by atoms with Crippen LogP contribution in [0.25, 0.3) is 0 Å². The Balaban J connectivity index is 2.00. The van der Waals surface area contributed by atoms with Crippen molar-refractivity contribution in [3.05, 3.63) is 47.8 Å². The maximum atomic E-state index is 5.67. The van der Waals surface area contributed by atoms with Crippen LogP contribution in [0.2, 0.25) is 0 Å². The lowest BCUT2D eigenvalue weighted by atomic mass is 10.0. The van der Waals surface area contributed by atoms with Crippen LogP contribution in [-0.4, -0.2) is 22.9 Å². The van der Waals surface area contributed by atoms with Crippen molar-refractivity contribution in [3.63, 3.8) is 0 Å². The number of nitrogens with two attached hydrogens (primary N) is 1. The van der Waals surface area contributed by atoms with E-state index in [0.29, 0.717) is 0 Å². The highest BCUT2D eigenvalue weighted by Gasteiger charge is 2.11. The molecule has 0 amide bonds. The van der Waals surface area contributed by atoms with Crippen molar-refractivity contribution >= 4 is 0 Å². The lowest BCUT2D eigenvalue weighted by Crippen LogP contribution is -2.38. The first-order chi connectivity index (χ1) is 9.75. The molecule has 20 heavy (non-hydrogen) atoms. The molecule has 0 aliphatic rings. The fourth-order valence-corrected chi connectivity index (χ4v) is 2.24. The summed E-state index contributed by atoms with van der Waals surface area (Å²) in [5, 5.41) is 4.28. The topological polar surface area (TPSA) is 65.1 Å². The van der Waals surface area contributed by atoms with Gasteiger partial charge in [0.1, 0.15) is 5.75 Å². The van der Waals surface area contributed by atoms with Gasteiger partial charge in [0.25, 0.3) is 0 Å². The van der Waals surface area contributed by atoms with Gasteiger partial charge in [-0.1, -0.05) is 12.1 Å². The molecule has 0 saturated heterocycles. The molecular weight excluding hydrogens is 252 g/mol. The van der Waals surface area contributed by atoms with E-state index in [-0.39, 0.29) is 6.04 Å². The average molecular weight is 274 g/mol. The Morgan fingerprint density at radius 1 is 1.35 bits per heavy atom. The lowest BCUT2D eigenvalue weighted by molar-refractivity contribution is 0.413. The highest BCUT2D eigenvalue weighted by molar-refractivity contribution is 5.29. The van der Waals surface area contributed by atoms with Gasteiger partial charge in [-0.15, -0.1) is 0 Å². The van der Waals surface area contributed by atoms with Crippen molar-refractivity contribution < 1.29 is 4.74 Å². The Morgan fingerprint density at radius 3 is 2.80 bits per heavy atom. The van der Waals surface area contributed by atoms with Crippen LogP contribution in [0.3, 0.4) is 0 Å². The van der Waals surface area contributed by atoms with Crippen LogP contribution in [0.15, 0.2) is 36.7 Å². The largest absolute Gasteiger partial charge is 0.497 e. The number of benzene rings is 1. The second-order valence-corrected chi connectivity index (χ2v) is 4.83. The van der Waals surface area contributed by atoms with Gasteiger partial charge in [-0.05, 0) is 43.0 Å². The molecule has 0 saturated carbocycles. The van der Waals surface area contributed by atoms with Crippen molar-refractivity contribution in [2.24, 2.45) is 5.84 Å². The summed E-state index contributed by atoms with van der Waals surface area (Å²) in [5.74, 6) is 6.54. The molecule has 0 bridgehead atoms. The number of nitrogens with zero attached hydrogens (tertiary/aromatic N) is 2. The summed E-state index contributed by atoms with van der Waals surface area (Å²) in [6.45, 7) is 2.96. The molecule has 1 unspecified atom stereocenters. The first-order valence-corrected chi connectivity index (χ1v) is 6.85. The molecule has 5 heteroatoms. The van der Waals surface area contributed by atoms with Gasteiger partial charge in [0.2, 0.25) is 0 Å². The number of hydrazine groups is 1. The summed E-state index contributed by atoms with van der Waals surface area (Å²) in [7, 11) is 1.68. The highest BCUT2D eigenvalue weighted by atomic mass is 16.5. The number of rotatable bonds is 7. The number of hydrogen-bond donors (Lipinski definition) is 2. The molecule has 0 radical (unpaired) electrons. The van der Waals surface area contributed by atoms with Gasteiger partial charge < -0.3 is 4.74 Å². The SMILES string of the molecule is CCn1cc(CC(Cc2cccc(OC)c2)NN)cn1. The highest BCUT2D eigenvalue weighted by Crippen LogP contribution is 2.15. The summed E-state index contributed by atoms with van der Waals surface area (Å²) >= 11 is 0. The quantitative estimate of drug-likeness (QED) is 0.593. The van der Waals surface area contributed by atoms with Crippen molar-refractivity contribution in [1.82, 2.24) is 15.2 Å². The van der Waals surface area contributed by atoms with Crippen molar-refractivity contribution in [2.45, 2.75) is 32.4 Å². The van der Waals surface area contributed by atoms with Gasteiger partial charge >= 0.3 is 0 Å². The zero-order valence-electron chi connectivity index (χ0n) is 12.0. The van der Waals surface area contributed by atoms with E-state index in [9.17, 15) is 0 Å². The van der Waals surface area contributed by atoms with Crippen LogP contribution < -0.4 is 16.0 Å². The van der Waals surface area contributed by atoms with Gasteiger partial charge in [0.05, 0.1) is 13.3 Å². The lowest BCUT2D eigenvalue weighted by Gasteiger charge is -2.15.